The summed E-state index contributed by atoms with van der Waals surface area (Å²) < 4.78 is 5.81. The molecule has 0 radical (unpaired) electrons. The van der Waals surface area contributed by atoms with Crippen LogP contribution in [-0.4, -0.2) is 5.91 Å². The van der Waals surface area contributed by atoms with Crippen LogP contribution in [0.2, 0.25) is 0 Å². The van der Waals surface area contributed by atoms with Gasteiger partial charge in [0.15, 0.2) is 0 Å². The SMILES string of the molecule is N#CC1(c2cccc(C(=O)Nc3cccc(Oc4ccc(N)cc4)c3)c2)CC1. The quantitative estimate of drug-likeness (QED) is 0.628. The van der Waals surface area contributed by atoms with E-state index in [9.17, 15) is 10.1 Å². The lowest BCUT2D eigenvalue weighted by molar-refractivity contribution is 0.102. The number of hydrogen-bond acceptors (Lipinski definition) is 4. The second-order valence-electron chi connectivity index (χ2n) is 6.93. The van der Waals surface area contributed by atoms with Crippen LogP contribution in [0.3, 0.4) is 0 Å². The third-order valence-electron chi connectivity index (χ3n) is 4.85. The number of nitrogens with two attached hydrogens (primary N) is 1. The molecule has 0 heterocycles. The number of carbonyl (C=O) groups is 1. The van der Waals surface area contributed by atoms with Crippen LogP contribution in [0.5, 0.6) is 11.5 Å². The van der Waals surface area contributed by atoms with E-state index >= 15 is 0 Å². The summed E-state index contributed by atoms with van der Waals surface area (Å²) in [4.78, 5) is 12.7. The van der Waals surface area contributed by atoms with Crippen molar-refractivity contribution < 1.29 is 9.53 Å². The van der Waals surface area contributed by atoms with Crippen LogP contribution >= 0.6 is 0 Å². The number of carbonyl (C=O) groups excluding carboxylic acids is 1. The predicted molar refractivity (Wildman–Crippen MR) is 108 cm³/mol. The number of amides is 1. The summed E-state index contributed by atoms with van der Waals surface area (Å²) in [7, 11) is 0. The van der Waals surface area contributed by atoms with Crippen molar-refractivity contribution in [3.63, 3.8) is 0 Å². The minimum Gasteiger partial charge on any atom is -0.457 e. The first-order valence-electron chi connectivity index (χ1n) is 9.05. The Bertz CT molecular complexity index is 1060. The Hall–Kier alpha value is -3.78. The van der Waals surface area contributed by atoms with E-state index in [0.29, 0.717) is 28.4 Å². The maximum Gasteiger partial charge on any atom is 0.255 e. The van der Waals surface area contributed by atoms with E-state index in [1.807, 2.05) is 24.3 Å². The van der Waals surface area contributed by atoms with Gasteiger partial charge in [0.05, 0.1) is 11.5 Å². The van der Waals surface area contributed by atoms with Gasteiger partial charge in [0, 0.05) is 23.0 Å². The summed E-state index contributed by atoms with van der Waals surface area (Å²) in [6.07, 6.45) is 1.69. The summed E-state index contributed by atoms with van der Waals surface area (Å²) >= 11 is 0. The molecule has 1 fully saturated rings. The molecule has 0 atom stereocenters. The molecule has 3 aromatic rings. The summed E-state index contributed by atoms with van der Waals surface area (Å²) in [5.74, 6) is 1.05. The minimum atomic E-state index is -0.414. The van der Waals surface area contributed by atoms with Crippen molar-refractivity contribution in [2.24, 2.45) is 0 Å². The van der Waals surface area contributed by atoms with E-state index in [2.05, 4.69) is 11.4 Å². The number of anilines is 2. The van der Waals surface area contributed by atoms with Crippen LogP contribution in [0.1, 0.15) is 28.8 Å². The smallest absolute Gasteiger partial charge is 0.255 e. The molecule has 1 aliphatic rings. The van der Waals surface area contributed by atoms with Crippen molar-refractivity contribution in [3.05, 3.63) is 83.9 Å². The van der Waals surface area contributed by atoms with Gasteiger partial charge in [-0.2, -0.15) is 5.26 Å². The molecule has 3 aromatic carbocycles. The van der Waals surface area contributed by atoms with Crippen LogP contribution in [0.4, 0.5) is 11.4 Å². The molecule has 5 heteroatoms. The first kappa shape index (κ1) is 17.6. The zero-order valence-electron chi connectivity index (χ0n) is 15.2. The van der Waals surface area contributed by atoms with Crippen molar-refractivity contribution in [2.45, 2.75) is 18.3 Å². The largest absolute Gasteiger partial charge is 0.457 e. The third-order valence-corrected chi connectivity index (χ3v) is 4.85. The molecule has 28 heavy (non-hydrogen) atoms. The summed E-state index contributed by atoms with van der Waals surface area (Å²) in [5.41, 5.74) is 8.00. The lowest BCUT2D eigenvalue weighted by Crippen LogP contribution is -2.13. The van der Waals surface area contributed by atoms with Gasteiger partial charge in [0.1, 0.15) is 11.5 Å². The fraction of sp³-hybridized carbons (Fsp3) is 0.130. The second-order valence-corrected chi connectivity index (χ2v) is 6.93. The standard InChI is InChI=1S/C23H19N3O2/c24-15-23(11-12-23)17-4-1-3-16(13-17)22(27)26-19-5-2-6-21(14-19)28-20-9-7-18(25)8-10-20/h1-10,13-14H,11-12,25H2,(H,26,27). The number of nitrogens with zero attached hydrogens (tertiary/aromatic N) is 1. The normalized spacial score (nSPS) is 14.0. The van der Waals surface area contributed by atoms with Crippen LogP contribution < -0.4 is 15.8 Å². The molecule has 138 valence electrons. The molecule has 1 aliphatic carbocycles. The predicted octanol–water partition coefficient (Wildman–Crippen LogP) is 4.87. The Balaban J connectivity index is 1.49. The molecule has 0 bridgehead atoms. The van der Waals surface area contributed by atoms with Crippen molar-refractivity contribution in [1.82, 2.24) is 0 Å². The highest BCUT2D eigenvalue weighted by Crippen LogP contribution is 2.47. The Kier molecular flexibility index (Phi) is 4.46. The minimum absolute atomic E-state index is 0.222. The Morgan fingerprint density at radius 3 is 2.46 bits per heavy atom. The molecule has 1 amide bonds. The lowest BCUT2D eigenvalue weighted by atomic mass is 9.96. The Morgan fingerprint density at radius 2 is 1.75 bits per heavy atom. The molecule has 4 rings (SSSR count). The van der Waals surface area contributed by atoms with E-state index in [4.69, 9.17) is 10.5 Å². The number of nitrogens with one attached hydrogen (secondary N) is 1. The number of benzene rings is 3. The average Bonchev–Trinajstić information content (AvgIpc) is 3.52. The van der Waals surface area contributed by atoms with Gasteiger partial charge < -0.3 is 15.8 Å². The van der Waals surface area contributed by atoms with E-state index < -0.39 is 5.41 Å². The van der Waals surface area contributed by atoms with Gasteiger partial charge in [-0.3, -0.25) is 4.79 Å². The van der Waals surface area contributed by atoms with Crippen molar-refractivity contribution in [2.75, 3.05) is 11.1 Å². The monoisotopic (exact) mass is 369 g/mol. The van der Waals surface area contributed by atoms with Crippen LogP contribution in [0.25, 0.3) is 0 Å². The fourth-order valence-corrected chi connectivity index (χ4v) is 3.06. The van der Waals surface area contributed by atoms with E-state index in [0.717, 1.165) is 18.4 Å². The third kappa shape index (κ3) is 3.67. The molecule has 0 saturated heterocycles. The Labute approximate surface area is 163 Å². The molecule has 0 spiro atoms. The number of hydrogen-bond donors (Lipinski definition) is 2. The molecule has 0 aromatic heterocycles. The van der Waals surface area contributed by atoms with Gasteiger partial charge in [-0.25, -0.2) is 0 Å². The van der Waals surface area contributed by atoms with Gasteiger partial charge in [-0.05, 0) is 66.9 Å². The zero-order chi connectivity index (χ0) is 19.6. The summed E-state index contributed by atoms with van der Waals surface area (Å²) in [5, 5.41) is 12.3. The van der Waals surface area contributed by atoms with Crippen molar-refractivity contribution in [1.29, 1.82) is 5.26 Å². The van der Waals surface area contributed by atoms with E-state index in [-0.39, 0.29) is 5.91 Å². The van der Waals surface area contributed by atoms with E-state index in [1.54, 1.807) is 48.5 Å². The van der Waals surface area contributed by atoms with Crippen LogP contribution in [0, 0.1) is 11.3 Å². The van der Waals surface area contributed by atoms with Crippen molar-refractivity contribution in [3.8, 4) is 17.6 Å². The molecule has 5 nitrogen and oxygen atoms in total. The van der Waals surface area contributed by atoms with Gasteiger partial charge in [-0.1, -0.05) is 18.2 Å². The topological polar surface area (TPSA) is 88.1 Å². The van der Waals surface area contributed by atoms with Gasteiger partial charge in [-0.15, -0.1) is 0 Å². The van der Waals surface area contributed by atoms with E-state index in [1.165, 1.54) is 0 Å². The number of nitriles is 1. The Morgan fingerprint density at radius 1 is 1.00 bits per heavy atom. The molecule has 0 unspecified atom stereocenters. The van der Waals surface area contributed by atoms with Crippen molar-refractivity contribution >= 4 is 17.3 Å². The van der Waals surface area contributed by atoms with Gasteiger partial charge in [0.2, 0.25) is 0 Å². The highest BCUT2D eigenvalue weighted by molar-refractivity contribution is 6.04. The zero-order valence-corrected chi connectivity index (χ0v) is 15.2. The fourth-order valence-electron chi connectivity index (χ4n) is 3.06. The number of rotatable bonds is 5. The summed E-state index contributed by atoms with van der Waals surface area (Å²) in [6.45, 7) is 0. The molecular formula is C23H19N3O2. The summed E-state index contributed by atoms with van der Waals surface area (Å²) in [6, 6.07) is 23.9. The number of ether oxygens (including phenoxy) is 1. The molecule has 1 saturated carbocycles. The first-order chi connectivity index (χ1) is 13.6. The highest BCUT2D eigenvalue weighted by Gasteiger charge is 2.44. The maximum atomic E-state index is 12.7. The molecule has 0 aliphatic heterocycles. The van der Waals surface area contributed by atoms with Crippen LogP contribution in [-0.2, 0) is 5.41 Å². The first-order valence-corrected chi connectivity index (χ1v) is 9.05. The highest BCUT2D eigenvalue weighted by atomic mass is 16.5. The van der Waals surface area contributed by atoms with Gasteiger partial charge in [0.25, 0.3) is 5.91 Å². The van der Waals surface area contributed by atoms with Crippen LogP contribution in [0.15, 0.2) is 72.8 Å². The second kappa shape index (κ2) is 7.09. The van der Waals surface area contributed by atoms with Gasteiger partial charge >= 0.3 is 0 Å². The average molecular weight is 369 g/mol. The molecular weight excluding hydrogens is 350 g/mol. The lowest BCUT2D eigenvalue weighted by Gasteiger charge is -2.11. The maximum absolute atomic E-state index is 12.7. The number of nitrogen functional groups attached to an aromatic ring is 1. The molecule has 3 N–H and O–H groups in total.